The molecular weight excluding hydrogens is 370 g/mol. The molecule has 22 heavy (non-hydrogen) atoms. The molecule has 4 nitrogen and oxygen atoms in total. The number of para-hydroxylation sites is 2. The van der Waals surface area contributed by atoms with Gasteiger partial charge >= 0.3 is 0 Å². The summed E-state index contributed by atoms with van der Waals surface area (Å²) >= 11 is 11.3. The second-order valence-corrected chi connectivity index (χ2v) is 4.12. The second kappa shape index (κ2) is 13.1. The van der Waals surface area contributed by atoms with Crippen LogP contribution in [0.1, 0.15) is 0 Å². The van der Waals surface area contributed by atoms with Gasteiger partial charge in [0.05, 0.1) is 21.4 Å². The third kappa shape index (κ3) is 7.96. The highest BCUT2D eigenvalue weighted by molar-refractivity contribution is 6.33. The van der Waals surface area contributed by atoms with E-state index in [4.69, 9.17) is 23.2 Å². The molecule has 2 aromatic rings. The van der Waals surface area contributed by atoms with Gasteiger partial charge in [0.2, 0.25) is 12.2 Å². The summed E-state index contributed by atoms with van der Waals surface area (Å²) in [5.41, 5.74) is 0.915. The highest BCUT2D eigenvalue weighted by atomic mass is 35.5. The van der Waals surface area contributed by atoms with Gasteiger partial charge in [-0.2, -0.15) is 9.98 Å². The Bertz CT molecular complexity index is 623. The van der Waals surface area contributed by atoms with Crippen molar-refractivity contribution in [3.05, 3.63) is 58.6 Å². The summed E-state index contributed by atoms with van der Waals surface area (Å²) in [6.45, 7) is 0. The van der Waals surface area contributed by atoms with Crippen LogP contribution in [-0.4, -0.2) is 12.2 Å². The predicted octanol–water partition coefficient (Wildman–Crippen LogP) is 5.46. The maximum Gasteiger partial charge on any atom is 0.240 e. The topological polar surface area (TPSA) is 58.9 Å². The van der Waals surface area contributed by atoms with Gasteiger partial charge in [-0.1, -0.05) is 47.5 Å². The maximum atomic E-state index is 9.78. The van der Waals surface area contributed by atoms with Crippen LogP contribution >= 0.6 is 48.0 Å². The quantitative estimate of drug-likeness (QED) is 0.513. The number of nitrogens with zero attached hydrogens (tertiary/aromatic N) is 2. The minimum absolute atomic E-state index is 0. The zero-order chi connectivity index (χ0) is 14.8. The fourth-order valence-electron chi connectivity index (χ4n) is 1.18. The van der Waals surface area contributed by atoms with Gasteiger partial charge in [0.25, 0.3) is 0 Å². The van der Waals surface area contributed by atoms with Crippen LogP contribution in [0.15, 0.2) is 58.5 Å². The summed E-state index contributed by atoms with van der Waals surface area (Å²) < 4.78 is 0. The molecule has 0 aliphatic rings. The van der Waals surface area contributed by atoms with Gasteiger partial charge in [0, 0.05) is 0 Å². The highest BCUT2D eigenvalue weighted by Crippen LogP contribution is 2.23. The van der Waals surface area contributed by atoms with E-state index in [2.05, 4.69) is 9.98 Å². The fraction of sp³-hybridized carbons (Fsp3) is 0. The molecular formula is C14H10Cl4N2O2. The van der Waals surface area contributed by atoms with Gasteiger partial charge in [-0.15, -0.1) is 24.8 Å². The van der Waals surface area contributed by atoms with E-state index < -0.39 is 0 Å². The Labute approximate surface area is 149 Å². The van der Waals surface area contributed by atoms with Crippen molar-refractivity contribution in [3.63, 3.8) is 0 Å². The van der Waals surface area contributed by atoms with E-state index in [0.29, 0.717) is 21.4 Å². The lowest BCUT2D eigenvalue weighted by Crippen LogP contribution is -1.64. The molecule has 0 aliphatic carbocycles. The molecule has 0 bridgehead atoms. The molecule has 2 rings (SSSR count). The molecule has 116 valence electrons. The van der Waals surface area contributed by atoms with Gasteiger partial charge in [0.15, 0.2) is 0 Å². The van der Waals surface area contributed by atoms with Gasteiger partial charge in [-0.3, -0.25) is 0 Å². The average Bonchev–Trinajstić information content (AvgIpc) is 2.45. The normalized spacial score (nSPS) is 7.73. The van der Waals surface area contributed by atoms with E-state index in [1.165, 1.54) is 12.2 Å². The second-order valence-electron chi connectivity index (χ2n) is 3.31. The van der Waals surface area contributed by atoms with Gasteiger partial charge < -0.3 is 0 Å². The Kier molecular flexibility index (Phi) is 13.4. The molecule has 0 unspecified atom stereocenters. The maximum absolute atomic E-state index is 9.78. The van der Waals surface area contributed by atoms with E-state index in [-0.39, 0.29) is 24.8 Å². The van der Waals surface area contributed by atoms with Crippen LogP contribution in [0, 0.1) is 0 Å². The van der Waals surface area contributed by atoms with Gasteiger partial charge in [0.1, 0.15) is 0 Å². The van der Waals surface area contributed by atoms with Crippen molar-refractivity contribution in [2.24, 2.45) is 9.98 Å². The van der Waals surface area contributed by atoms with Crippen LogP contribution < -0.4 is 0 Å². The largest absolute Gasteiger partial charge is 0.240 e. The summed E-state index contributed by atoms with van der Waals surface area (Å²) in [6.07, 6.45) is 2.83. The van der Waals surface area contributed by atoms with E-state index in [1.807, 2.05) is 0 Å². The van der Waals surface area contributed by atoms with Crippen molar-refractivity contribution in [1.82, 2.24) is 0 Å². The molecule has 0 aromatic heterocycles. The van der Waals surface area contributed by atoms with Gasteiger partial charge in [-0.25, -0.2) is 9.59 Å². The molecule has 0 radical (unpaired) electrons. The molecule has 8 heteroatoms. The molecule has 0 spiro atoms. The molecule has 0 heterocycles. The van der Waals surface area contributed by atoms with E-state index in [9.17, 15) is 9.59 Å². The SMILES string of the molecule is Cl.Cl.O=C=Nc1ccccc1Cl.O=C=Nc1ccccc1Cl. The summed E-state index contributed by atoms with van der Waals surface area (Å²) in [4.78, 5) is 26.3. The summed E-state index contributed by atoms with van der Waals surface area (Å²) in [5.74, 6) is 0. The Balaban J connectivity index is 0. The lowest BCUT2D eigenvalue weighted by molar-refractivity contribution is 0.564. The smallest absolute Gasteiger partial charge is 0.211 e. The number of carbonyl (C=O) groups excluding carboxylic acids is 2. The average molecular weight is 380 g/mol. The first-order valence-corrected chi connectivity index (χ1v) is 6.09. The highest BCUT2D eigenvalue weighted by Gasteiger charge is 1.93. The van der Waals surface area contributed by atoms with E-state index >= 15 is 0 Å². The molecule has 0 atom stereocenters. The summed E-state index contributed by atoms with van der Waals surface area (Å²) in [6, 6.07) is 13.7. The molecule has 0 aliphatic heterocycles. The van der Waals surface area contributed by atoms with E-state index in [0.717, 1.165) is 0 Å². The van der Waals surface area contributed by atoms with Crippen LogP contribution in [0.2, 0.25) is 10.0 Å². The number of halogens is 4. The Morgan fingerprint density at radius 1 is 0.682 bits per heavy atom. The number of aliphatic imine (C=N–C) groups is 2. The van der Waals surface area contributed by atoms with Crippen molar-refractivity contribution < 1.29 is 9.59 Å². The number of hydrogen-bond acceptors (Lipinski definition) is 4. The van der Waals surface area contributed by atoms with Crippen molar-refractivity contribution in [2.45, 2.75) is 0 Å². The number of hydrogen-bond donors (Lipinski definition) is 0. The summed E-state index contributed by atoms with van der Waals surface area (Å²) in [5, 5.41) is 0.928. The predicted molar refractivity (Wildman–Crippen MR) is 93.0 cm³/mol. The molecule has 2 aromatic carbocycles. The molecule has 0 saturated carbocycles. The van der Waals surface area contributed by atoms with Crippen LogP contribution in [-0.2, 0) is 9.59 Å². The third-order valence-corrected chi connectivity index (χ3v) is 2.68. The molecule has 0 amide bonds. The minimum Gasteiger partial charge on any atom is -0.211 e. The number of benzene rings is 2. The van der Waals surface area contributed by atoms with Crippen LogP contribution in [0.3, 0.4) is 0 Å². The van der Waals surface area contributed by atoms with Crippen molar-refractivity contribution >= 4 is 71.6 Å². The van der Waals surface area contributed by atoms with Crippen molar-refractivity contribution in [3.8, 4) is 0 Å². The standard InChI is InChI=1S/2C7H4ClNO.2ClH/c2*8-6-3-1-2-4-7(6)9-5-10;;/h2*1-4H;2*1H. The number of isocyanates is 2. The Morgan fingerprint density at radius 2 is 1.00 bits per heavy atom. The summed E-state index contributed by atoms with van der Waals surface area (Å²) in [7, 11) is 0. The molecule has 0 fully saturated rings. The Hall–Kier alpha value is -1.64. The fourth-order valence-corrected chi connectivity index (χ4v) is 1.54. The lowest BCUT2D eigenvalue weighted by Gasteiger charge is -1.90. The molecule has 0 N–H and O–H groups in total. The van der Waals surface area contributed by atoms with Crippen LogP contribution in [0.25, 0.3) is 0 Å². The minimum atomic E-state index is 0. The van der Waals surface area contributed by atoms with Crippen molar-refractivity contribution in [2.75, 3.05) is 0 Å². The zero-order valence-electron chi connectivity index (χ0n) is 10.9. The third-order valence-electron chi connectivity index (χ3n) is 2.04. The van der Waals surface area contributed by atoms with Gasteiger partial charge in [-0.05, 0) is 24.3 Å². The lowest BCUT2D eigenvalue weighted by atomic mass is 10.3. The first kappa shape index (κ1) is 22.6. The Morgan fingerprint density at radius 3 is 1.27 bits per heavy atom. The number of rotatable bonds is 2. The first-order valence-electron chi connectivity index (χ1n) is 5.34. The monoisotopic (exact) mass is 378 g/mol. The first-order chi connectivity index (χ1) is 9.69. The van der Waals surface area contributed by atoms with Crippen LogP contribution in [0.4, 0.5) is 11.4 Å². The van der Waals surface area contributed by atoms with E-state index in [1.54, 1.807) is 48.5 Å². The zero-order valence-corrected chi connectivity index (χ0v) is 14.0. The van der Waals surface area contributed by atoms with Crippen LogP contribution in [0.5, 0.6) is 0 Å². The van der Waals surface area contributed by atoms with Crippen molar-refractivity contribution in [1.29, 1.82) is 0 Å². The molecule has 0 saturated heterocycles.